The van der Waals surface area contributed by atoms with Gasteiger partial charge < -0.3 is 20.9 Å². The summed E-state index contributed by atoms with van der Waals surface area (Å²) in [7, 11) is 0. The van der Waals surface area contributed by atoms with Crippen molar-refractivity contribution in [3.8, 4) is 0 Å². The molecular weight excluding hydrogens is 414 g/mol. The molecule has 0 unspecified atom stereocenters. The van der Waals surface area contributed by atoms with Crippen molar-refractivity contribution < 1.29 is 36.2 Å². The van der Waals surface area contributed by atoms with Crippen LogP contribution in [0.25, 0.3) is 0 Å². The molecule has 1 fully saturated rings. The van der Waals surface area contributed by atoms with Crippen LogP contribution in [0.15, 0.2) is 18.2 Å². The van der Waals surface area contributed by atoms with Gasteiger partial charge in [0.2, 0.25) is 0 Å². The van der Waals surface area contributed by atoms with E-state index in [1.165, 1.54) is 6.92 Å². The van der Waals surface area contributed by atoms with Crippen LogP contribution in [0.3, 0.4) is 0 Å². The van der Waals surface area contributed by atoms with Gasteiger partial charge in [-0.15, -0.1) is 0 Å². The number of rotatable bonds is 5. The van der Waals surface area contributed by atoms with Crippen molar-refractivity contribution in [3.05, 3.63) is 34.9 Å². The Morgan fingerprint density at radius 3 is 1.93 bits per heavy atom. The van der Waals surface area contributed by atoms with Crippen LogP contribution >= 0.6 is 0 Å². The zero-order valence-corrected chi connectivity index (χ0v) is 17.3. The highest BCUT2D eigenvalue weighted by atomic mass is 19.4. The molecule has 0 bridgehead atoms. The lowest BCUT2D eigenvalue weighted by atomic mass is 9.73. The molecule has 10 heteroatoms. The van der Waals surface area contributed by atoms with Gasteiger partial charge in [0.15, 0.2) is 0 Å². The Balaban J connectivity index is 2.14. The highest BCUT2D eigenvalue weighted by Gasteiger charge is 2.46. The van der Waals surface area contributed by atoms with Crippen molar-refractivity contribution in [1.29, 1.82) is 0 Å². The largest absolute Gasteiger partial charge is 0.416 e. The standard InChI is InChI=1S/C20H28F6N2O2/c1-12(13-7-14(19(21,22)23)9-15(8-13)20(24,25)26)30-11-17(4)5-6-18(27,10-28-17)16(2,3)29/h7-9,12,28-29H,5-6,10-11,27H2,1-4H3/t12-,17-,18+/m1/s1. The molecule has 2 rings (SSSR count). The highest BCUT2D eigenvalue weighted by molar-refractivity contribution is 5.34. The monoisotopic (exact) mass is 442 g/mol. The van der Waals surface area contributed by atoms with Gasteiger partial charge in [0.1, 0.15) is 0 Å². The second-order valence-electron chi connectivity index (χ2n) is 8.92. The van der Waals surface area contributed by atoms with E-state index in [0.717, 1.165) is 0 Å². The summed E-state index contributed by atoms with van der Waals surface area (Å²) in [4.78, 5) is 0. The van der Waals surface area contributed by atoms with E-state index in [1.807, 2.05) is 6.92 Å². The van der Waals surface area contributed by atoms with Crippen LogP contribution in [0.1, 0.15) is 63.3 Å². The molecular formula is C20H28F6N2O2. The Hall–Kier alpha value is -1.36. The molecule has 0 radical (unpaired) electrons. The number of piperidine rings is 1. The maximum absolute atomic E-state index is 13.1. The van der Waals surface area contributed by atoms with Gasteiger partial charge in [-0.05, 0) is 64.3 Å². The average Bonchev–Trinajstić information content (AvgIpc) is 2.60. The topological polar surface area (TPSA) is 67.5 Å². The molecule has 1 aliphatic rings. The molecule has 4 N–H and O–H groups in total. The molecule has 1 heterocycles. The smallest absolute Gasteiger partial charge is 0.389 e. The second kappa shape index (κ2) is 7.96. The molecule has 0 aliphatic carbocycles. The summed E-state index contributed by atoms with van der Waals surface area (Å²) < 4.78 is 84.0. The third kappa shape index (κ3) is 5.66. The van der Waals surface area contributed by atoms with Gasteiger partial charge in [-0.3, -0.25) is 0 Å². The Morgan fingerprint density at radius 2 is 1.57 bits per heavy atom. The molecule has 0 amide bonds. The number of ether oxygens (including phenoxy) is 1. The molecule has 0 spiro atoms. The number of aliphatic hydroxyl groups is 1. The fourth-order valence-electron chi connectivity index (χ4n) is 3.31. The van der Waals surface area contributed by atoms with Crippen LogP contribution in [0.4, 0.5) is 26.3 Å². The van der Waals surface area contributed by atoms with E-state index < -0.39 is 46.3 Å². The molecule has 1 saturated heterocycles. The van der Waals surface area contributed by atoms with Crippen molar-refractivity contribution in [2.45, 2.75) is 75.7 Å². The summed E-state index contributed by atoms with van der Waals surface area (Å²) in [6.45, 7) is 6.80. The van der Waals surface area contributed by atoms with Crippen molar-refractivity contribution in [1.82, 2.24) is 5.32 Å². The lowest BCUT2D eigenvalue weighted by molar-refractivity contribution is -0.143. The quantitative estimate of drug-likeness (QED) is 0.591. The highest BCUT2D eigenvalue weighted by Crippen LogP contribution is 2.38. The number of nitrogens with two attached hydrogens (primary N) is 1. The van der Waals surface area contributed by atoms with E-state index in [-0.39, 0.29) is 24.8 Å². The van der Waals surface area contributed by atoms with Crippen LogP contribution in [-0.2, 0) is 17.1 Å². The SMILES string of the molecule is C[C@@H](OC[C@@]1(C)CC[C@@](N)(C(C)(C)O)CN1)c1cc(C(F)(F)F)cc(C(F)(F)F)c1. The van der Waals surface area contributed by atoms with Crippen LogP contribution in [0, 0.1) is 0 Å². The molecule has 1 aliphatic heterocycles. The van der Waals surface area contributed by atoms with Gasteiger partial charge in [-0.1, -0.05) is 0 Å². The van der Waals surface area contributed by atoms with E-state index in [4.69, 9.17) is 10.5 Å². The average molecular weight is 442 g/mol. The fraction of sp³-hybridized carbons (Fsp3) is 0.700. The van der Waals surface area contributed by atoms with Gasteiger partial charge in [-0.25, -0.2) is 0 Å². The fourth-order valence-corrected chi connectivity index (χ4v) is 3.31. The summed E-state index contributed by atoms with van der Waals surface area (Å²) in [6, 6.07) is 1.45. The summed E-state index contributed by atoms with van der Waals surface area (Å²) >= 11 is 0. The van der Waals surface area contributed by atoms with E-state index in [9.17, 15) is 31.4 Å². The molecule has 30 heavy (non-hydrogen) atoms. The zero-order valence-electron chi connectivity index (χ0n) is 17.3. The maximum Gasteiger partial charge on any atom is 0.416 e. The minimum Gasteiger partial charge on any atom is -0.389 e. The van der Waals surface area contributed by atoms with E-state index in [0.29, 0.717) is 25.0 Å². The van der Waals surface area contributed by atoms with Gasteiger partial charge in [0, 0.05) is 12.1 Å². The van der Waals surface area contributed by atoms with Crippen molar-refractivity contribution in [2.75, 3.05) is 13.2 Å². The summed E-state index contributed by atoms with van der Waals surface area (Å²) in [5.41, 5.74) is 0.730. The first kappa shape index (κ1) is 24.9. The van der Waals surface area contributed by atoms with Gasteiger partial charge in [-0.2, -0.15) is 26.3 Å². The van der Waals surface area contributed by atoms with Gasteiger partial charge >= 0.3 is 12.4 Å². The normalized spacial score (nSPS) is 27.2. The van der Waals surface area contributed by atoms with Crippen LogP contribution in [-0.4, -0.2) is 34.9 Å². The first-order valence-electron chi connectivity index (χ1n) is 9.54. The lowest BCUT2D eigenvalue weighted by Crippen LogP contribution is -2.69. The number of benzene rings is 1. The van der Waals surface area contributed by atoms with E-state index in [1.54, 1.807) is 13.8 Å². The Morgan fingerprint density at radius 1 is 1.07 bits per heavy atom. The number of hydrogen-bond donors (Lipinski definition) is 3. The van der Waals surface area contributed by atoms with Gasteiger partial charge in [0.05, 0.1) is 35.0 Å². The molecule has 0 aromatic heterocycles. The number of hydrogen-bond acceptors (Lipinski definition) is 4. The first-order valence-corrected chi connectivity index (χ1v) is 9.54. The third-order valence-corrected chi connectivity index (χ3v) is 5.90. The molecule has 172 valence electrons. The van der Waals surface area contributed by atoms with Crippen LogP contribution in [0.5, 0.6) is 0 Å². The van der Waals surface area contributed by atoms with E-state index in [2.05, 4.69) is 5.32 Å². The molecule has 1 aromatic carbocycles. The summed E-state index contributed by atoms with van der Waals surface area (Å²) in [5, 5.41) is 13.4. The predicted octanol–water partition coefficient (Wildman–Crippen LogP) is 4.41. The Kier molecular flexibility index (Phi) is 6.61. The first-order chi connectivity index (χ1) is 13.4. The molecule has 1 aromatic rings. The van der Waals surface area contributed by atoms with E-state index >= 15 is 0 Å². The number of halogens is 6. The Bertz CT molecular complexity index is 715. The van der Waals surface area contributed by atoms with Crippen LogP contribution < -0.4 is 11.1 Å². The number of nitrogens with one attached hydrogen (secondary N) is 1. The van der Waals surface area contributed by atoms with Crippen molar-refractivity contribution in [3.63, 3.8) is 0 Å². The predicted molar refractivity (Wildman–Crippen MR) is 99.7 cm³/mol. The molecule has 4 nitrogen and oxygen atoms in total. The van der Waals surface area contributed by atoms with Crippen molar-refractivity contribution >= 4 is 0 Å². The zero-order chi connectivity index (χ0) is 23.2. The summed E-state index contributed by atoms with van der Waals surface area (Å²) in [5.74, 6) is 0. The Labute approximate surface area is 171 Å². The number of alkyl halides is 6. The lowest BCUT2D eigenvalue weighted by Gasteiger charge is -2.49. The maximum atomic E-state index is 13.1. The van der Waals surface area contributed by atoms with Crippen LogP contribution in [0.2, 0.25) is 0 Å². The second-order valence-corrected chi connectivity index (χ2v) is 8.92. The molecule has 3 atom stereocenters. The molecule has 0 saturated carbocycles. The summed E-state index contributed by atoms with van der Waals surface area (Å²) in [6.07, 6.45) is -9.83. The minimum absolute atomic E-state index is 0.0493. The van der Waals surface area contributed by atoms with Gasteiger partial charge in [0.25, 0.3) is 0 Å². The minimum atomic E-state index is -4.91. The van der Waals surface area contributed by atoms with Crippen molar-refractivity contribution in [2.24, 2.45) is 5.73 Å². The third-order valence-electron chi connectivity index (χ3n) is 5.90.